The van der Waals surface area contributed by atoms with Crippen LogP contribution in [0.15, 0.2) is 191 Å². The highest BCUT2D eigenvalue weighted by Gasteiger charge is 2.21. The van der Waals surface area contributed by atoms with Gasteiger partial charge in [-0.2, -0.15) is 0 Å². The highest BCUT2D eigenvalue weighted by atomic mass is 16.4. The molecule has 0 N–H and O–H groups in total. The molecule has 56 heavy (non-hydrogen) atoms. The normalized spacial score (nSPS) is 12.4. The zero-order chi connectivity index (χ0) is 37.3. The summed E-state index contributed by atoms with van der Waals surface area (Å²) >= 11 is 0. The van der Waals surface area contributed by atoms with E-state index in [4.69, 9.17) is 8.83 Å². The molecule has 11 aromatic rings. The third-order valence-electron chi connectivity index (χ3n) is 11.6. The Morgan fingerprint density at radius 3 is 1.62 bits per heavy atom. The number of furan rings is 2. The monoisotopic (exact) mass is 719 g/mol. The smallest absolute Gasteiger partial charge is 0.178 e. The molecule has 9 aromatic carbocycles. The number of hydrogen-bond donors (Lipinski definition) is 0. The van der Waals surface area contributed by atoms with Crippen molar-refractivity contribution in [2.24, 2.45) is 0 Å². The van der Waals surface area contributed by atoms with Gasteiger partial charge in [0, 0.05) is 44.5 Å². The second kappa shape index (κ2) is 12.8. The van der Waals surface area contributed by atoms with E-state index in [9.17, 15) is 0 Å². The maximum atomic E-state index is 6.75. The van der Waals surface area contributed by atoms with Gasteiger partial charge in [0.1, 0.15) is 11.2 Å². The van der Waals surface area contributed by atoms with E-state index in [2.05, 4.69) is 201 Å². The number of benzene rings is 9. The lowest BCUT2D eigenvalue weighted by Crippen LogP contribution is -2.11. The first-order chi connectivity index (χ1) is 27.6. The number of nitrogens with zero attached hydrogens (tertiary/aromatic N) is 1. The Bertz CT molecular complexity index is 3060. The van der Waals surface area contributed by atoms with E-state index >= 15 is 0 Å². The van der Waals surface area contributed by atoms with Crippen molar-refractivity contribution in [1.82, 2.24) is 0 Å². The van der Waals surface area contributed by atoms with E-state index in [-0.39, 0.29) is 5.92 Å². The number of aryl methyl sites for hydroxylation is 2. The third-order valence-corrected chi connectivity index (χ3v) is 11.6. The average Bonchev–Trinajstić information content (AvgIpc) is 3.79. The van der Waals surface area contributed by atoms with Gasteiger partial charge in [0.05, 0.1) is 0 Å². The fraction of sp³-hybridized carbons (Fsp3) is 0.0566. The zero-order valence-corrected chi connectivity index (χ0v) is 31.2. The molecule has 2 heterocycles. The maximum absolute atomic E-state index is 6.75. The Kier molecular flexibility index (Phi) is 7.36. The van der Waals surface area contributed by atoms with Gasteiger partial charge in [-0.15, -0.1) is 0 Å². The van der Waals surface area contributed by atoms with Crippen LogP contribution in [0, 0.1) is 13.8 Å². The van der Waals surface area contributed by atoms with Crippen LogP contribution < -0.4 is 4.90 Å². The molecule has 0 aliphatic carbocycles. The molecule has 0 fully saturated rings. The molecule has 0 aliphatic rings. The molecule has 1 unspecified atom stereocenters. The van der Waals surface area contributed by atoms with Gasteiger partial charge >= 0.3 is 0 Å². The summed E-state index contributed by atoms with van der Waals surface area (Å²) in [6, 6.07) is 65.5. The summed E-state index contributed by atoms with van der Waals surface area (Å²) in [4.78, 5) is 2.33. The molecule has 11 rings (SSSR count). The van der Waals surface area contributed by atoms with Crippen LogP contribution in [0.3, 0.4) is 0 Å². The van der Waals surface area contributed by atoms with Crippen molar-refractivity contribution in [2.75, 3.05) is 4.90 Å². The summed E-state index contributed by atoms with van der Waals surface area (Å²) in [5, 5.41) is 8.90. The Hall–Kier alpha value is -7.10. The summed E-state index contributed by atoms with van der Waals surface area (Å²) in [7, 11) is 0. The first kappa shape index (κ1) is 32.3. The van der Waals surface area contributed by atoms with E-state index in [0.717, 1.165) is 77.1 Å². The Labute approximate surface area is 324 Å². The van der Waals surface area contributed by atoms with Gasteiger partial charge in [-0.25, -0.2) is 0 Å². The largest absolute Gasteiger partial charge is 0.452 e. The van der Waals surface area contributed by atoms with Gasteiger partial charge in [-0.1, -0.05) is 115 Å². The van der Waals surface area contributed by atoms with Crippen LogP contribution in [0.4, 0.5) is 17.1 Å². The molecule has 2 aromatic heterocycles. The Balaban J connectivity index is 1.04. The van der Waals surface area contributed by atoms with Gasteiger partial charge in [0.2, 0.25) is 0 Å². The lowest BCUT2D eigenvalue weighted by Gasteiger charge is -2.27. The van der Waals surface area contributed by atoms with Crippen molar-refractivity contribution in [2.45, 2.75) is 19.8 Å². The highest BCUT2D eigenvalue weighted by molar-refractivity contribution is 6.21. The van der Waals surface area contributed by atoms with Gasteiger partial charge in [0.25, 0.3) is 0 Å². The number of rotatable bonds is 6. The van der Waals surface area contributed by atoms with E-state index in [1.165, 1.54) is 33.2 Å². The van der Waals surface area contributed by atoms with Crippen molar-refractivity contribution in [3.8, 4) is 0 Å². The predicted molar refractivity (Wildman–Crippen MR) is 234 cm³/mol. The van der Waals surface area contributed by atoms with Crippen molar-refractivity contribution < 1.29 is 8.83 Å². The van der Waals surface area contributed by atoms with Gasteiger partial charge in [-0.3, -0.25) is 0 Å². The Morgan fingerprint density at radius 2 is 0.964 bits per heavy atom. The molecule has 0 spiro atoms. The number of fused-ring (bicyclic) bond motifs is 9. The molecule has 0 bridgehead atoms. The summed E-state index contributed by atoms with van der Waals surface area (Å²) in [6.07, 6.45) is 0. The predicted octanol–water partition coefficient (Wildman–Crippen LogP) is 15.1. The molecule has 0 radical (unpaired) electrons. The van der Waals surface area contributed by atoms with Gasteiger partial charge in [0.15, 0.2) is 11.2 Å². The topological polar surface area (TPSA) is 29.5 Å². The molecule has 0 saturated carbocycles. The van der Waals surface area contributed by atoms with Crippen molar-refractivity contribution in [3.63, 3.8) is 0 Å². The summed E-state index contributed by atoms with van der Waals surface area (Å²) < 4.78 is 13.5. The minimum absolute atomic E-state index is 0.124. The van der Waals surface area contributed by atoms with Crippen molar-refractivity contribution in [3.05, 3.63) is 210 Å². The fourth-order valence-electron chi connectivity index (χ4n) is 8.80. The van der Waals surface area contributed by atoms with Crippen LogP contribution in [-0.2, 0) is 0 Å². The molecular formula is C53H37NO2. The molecule has 0 saturated heterocycles. The molecule has 0 amide bonds. The summed E-state index contributed by atoms with van der Waals surface area (Å²) in [5.41, 5.74) is 13.0. The van der Waals surface area contributed by atoms with E-state index in [0.29, 0.717) is 0 Å². The van der Waals surface area contributed by atoms with Gasteiger partial charge < -0.3 is 13.7 Å². The highest BCUT2D eigenvalue weighted by Crippen LogP contribution is 2.43. The van der Waals surface area contributed by atoms with Crippen molar-refractivity contribution in [1.29, 1.82) is 0 Å². The molecule has 3 nitrogen and oxygen atoms in total. The average molecular weight is 720 g/mol. The van der Waals surface area contributed by atoms with Gasteiger partial charge in [-0.05, 0) is 130 Å². The minimum atomic E-state index is 0.124. The number of hydrogen-bond acceptors (Lipinski definition) is 3. The standard InChI is InChI=1S/C53H37NO2/c1-33-13-9-11-19-43(33)51(35-15-5-3-6-16-35)38-22-21-36-29-46-44-25-26-45-47-30-37-23-24-42(54(41-17-7-4-8-18-41)48-20-12-10-14-34(48)2)28-40(37)32-50(47)56-53(45)52(44)55-49(46)31-39(36)27-38/h3-32,51H,1-2H3. The zero-order valence-electron chi connectivity index (χ0n) is 31.2. The van der Waals surface area contributed by atoms with Crippen LogP contribution in [-0.4, -0.2) is 0 Å². The number of para-hydroxylation sites is 2. The molecule has 3 heteroatoms. The number of anilines is 3. The molecular weight excluding hydrogens is 683 g/mol. The summed E-state index contributed by atoms with van der Waals surface area (Å²) in [5.74, 6) is 0.124. The van der Waals surface area contributed by atoms with Crippen LogP contribution in [0.2, 0.25) is 0 Å². The third kappa shape index (κ3) is 5.20. The summed E-state index contributed by atoms with van der Waals surface area (Å²) in [6.45, 7) is 4.37. The van der Waals surface area contributed by atoms with Crippen molar-refractivity contribution >= 4 is 82.5 Å². The lowest BCUT2D eigenvalue weighted by atomic mass is 9.82. The molecule has 266 valence electrons. The first-order valence-corrected chi connectivity index (χ1v) is 19.3. The lowest BCUT2D eigenvalue weighted by molar-refractivity contribution is 0.634. The van der Waals surface area contributed by atoms with E-state index in [1.807, 2.05) is 0 Å². The van der Waals surface area contributed by atoms with E-state index < -0.39 is 0 Å². The van der Waals surface area contributed by atoms with E-state index in [1.54, 1.807) is 0 Å². The van der Waals surface area contributed by atoms with Crippen LogP contribution in [0.5, 0.6) is 0 Å². The van der Waals surface area contributed by atoms with Crippen LogP contribution in [0.1, 0.15) is 33.7 Å². The minimum Gasteiger partial charge on any atom is -0.452 e. The van der Waals surface area contributed by atoms with Crippen LogP contribution >= 0.6 is 0 Å². The maximum Gasteiger partial charge on any atom is 0.178 e. The SMILES string of the molecule is Cc1ccccc1C(c1ccccc1)c1ccc2cc3c(cc2c1)oc1c3ccc2c3cc4ccc(N(c5ccccc5)c5ccccc5C)cc4cc3oc21. The first-order valence-electron chi connectivity index (χ1n) is 19.3. The fourth-order valence-corrected chi connectivity index (χ4v) is 8.80. The van der Waals surface area contributed by atoms with Crippen LogP contribution in [0.25, 0.3) is 65.4 Å². The second-order valence-electron chi connectivity index (χ2n) is 15.0. The molecule has 0 aliphatic heterocycles. The Morgan fingerprint density at radius 1 is 0.393 bits per heavy atom. The molecule has 1 atom stereocenters. The second-order valence-corrected chi connectivity index (χ2v) is 15.0. The quantitative estimate of drug-likeness (QED) is 0.160.